The van der Waals surface area contributed by atoms with Gasteiger partial charge in [-0.05, 0) is 55.3 Å². The van der Waals surface area contributed by atoms with Crippen molar-refractivity contribution in [3.8, 4) is 0 Å². The third kappa shape index (κ3) is 4.03. The molecule has 0 saturated carbocycles. The molecule has 2 aromatic carbocycles. The van der Waals surface area contributed by atoms with E-state index >= 15 is 0 Å². The summed E-state index contributed by atoms with van der Waals surface area (Å²) in [7, 11) is 0. The minimum atomic E-state index is -0.375. The summed E-state index contributed by atoms with van der Waals surface area (Å²) in [4.78, 5) is 21.7. The van der Waals surface area contributed by atoms with E-state index in [1.54, 1.807) is 29.4 Å². The summed E-state index contributed by atoms with van der Waals surface area (Å²) in [5, 5.41) is 0. The Morgan fingerprint density at radius 1 is 1.10 bits per heavy atom. The average molecular weight is 419 g/mol. The predicted octanol–water partition coefficient (Wildman–Crippen LogP) is 5.01. The van der Waals surface area contributed by atoms with Crippen LogP contribution in [0.5, 0.6) is 0 Å². The second-order valence-corrected chi connectivity index (χ2v) is 7.71. The van der Waals surface area contributed by atoms with E-state index in [1.165, 1.54) is 12.1 Å². The normalized spacial score (nSPS) is 14.8. The van der Waals surface area contributed by atoms with Crippen LogP contribution in [-0.4, -0.2) is 24.0 Å². The summed E-state index contributed by atoms with van der Waals surface area (Å²) >= 11 is 0. The van der Waals surface area contributed by atoms with Gasteiger partial charge in [0.1, 0.15) is 17.1 Å². The van der Waals surface area contributed by atoms with Crippen molar-refractivity contribution in [3.05, 3.63) is 78.5 Å². The highest BCUT2D eigenvalue weighted by Crippen LogP contribution is 2.29. The van der Waals surface area contributed by atoms with Crippen LogP contribution < -0.4 is 9.80 Å². The zero-order valence-corrected chi connectivity index (χ0v) is 16.9. The lowest BCUT2D eigenvalue weighted by atomic mass is 9.95. The number of anilines is 2. The standard InChI is InChI=1S/C24H22FN3O3/c25-18-5-3-6-19(15-18)28(16-20-7-4-14-30-20)23(29)17-10-12-27(13-11-17)24-26-21-8-1-2-9-22(21)31-24/h1-9,14-15,17H,10-13,16H2. The van der Waals surface area contributed by atoms with Gasteiger partial charge in [0.15, 0.2) is 5.58 Å². The highest BCUT2D eigenvalue weighted by molar-refractivity contribution is 5.95. The molecule has 0 atom stereocenters. The van der Waals surface area contributed by atoms with Crippen LogP contribution in [0.1, 0.15) is 18.6 Å². The molecular weight excluding hydrogens is 397 g/mol. The largest absolute Gasteiger partial charge is 0.467 e. The van der Waals surface area contributed by atoms with Gasteiger partial charge in [-0.1, -0.05) is 18.2 Å². The molecule has 1 saturated heterocycles. The third-order valence-corrected chi connectivity index (χ3v) is 5.68. The number of fused-ring (bicyclic) bond motifs is 1. The first kappa shape index (κ1) is 19.4. The Kier molecular flexibility index (Phi) is 5.16. The number of oxazole rings is 1. The van der Waals surface area contributed by atoms with Gasteiger partial charge in [-0.25, -0.2) is 4.39 Å². The minimum Gasteiger partial charge on any atom is -0.467 e. The molecule has 3 heterocycles. The summed E-state index contributed by atoms with van der Waals surface area (Å²) in [5.74, 6) is 0.0834. The van der Waals surface area contributed by atoms with E-state index in [1.807, 2.05) is 30.3 Å². The number of hydrogen-bond donors (Lipinski definition) is 0. The molecule has 0 N–H and O–H groups in total. The zero-order chi connectivity index (χ0) is 21.2. The molecule has 1 fully saturated rings. The Hall–Kier alpha value is -3.61. The van der Waals surface area contributed by atoms with Gasteiger partial charge in [-0.15, -0.1) is 0 Å². The zero-order valence-electron chi connectivity index (χ0n) is 16.9. The van der Waals surface area contributed by atoms with Crippen molar-refractivity contribution < 1.29 is 18.0 Å². The van der Waals surface area contributed by atoms with Crippen molar-refractivity contribution in [3.63, 3.8) is 0 Å². The lowest BCUT2D eigenvalue weighted by Gasteiger charge is -2.33. The van der Waals surface area contributed by atoms with Gasteiger partial charge in [0.2, 0.25) is 5.91 Å². The number of rotatable bonds is 5. The molecule has 1 aliphatic rings. The number of carbonyl (C=O) groups excluding carboxylic acids is 1. The number of carbonyl (C=O) groups is 1. The van der Waals surface area contributed by atoms with Crippen LogP contribution in [0, 0.1) is 11.7 Å². The molecule has 6 nitrogen and oxygen atoms in total. The molecule has 158 valence electrons. The summed E-state index contributed by atoms with van der Waals surface area (Å²) < 4.78 is 25.2. The second-order valence-electron chi connectivity index (χ2n) is 7.71. The molecule has 31 heavy (non-hydrogen) atoms. The first-order valence-corrected chi connectivity index (χ1v) is 10.4. The summed E-state index contributed by atoms with van der Waals surface area (Å²) in [6, 6.07) is 18.0. The monoisotopic (exact) mass is 419 g/mol. The molecular formula is C24H22FN3O3. The number of para-hydroxylation sites is 2. The Bertz CT molecular complexity index is 1150. The van der Waals surface area contributed by atoms with Gasteiger partial charge in [-0.2, -0.15) is 4.98 Å². The fourth-order valence-corrected chi connectivity index (χ4v) is 4.03. The summed E-state index contributed by atoms with van der Waals surface area (Å²) in [6.45, 7) is 1.60. The maximum absolute atomic E-state index is 13.9. The van der Waals surface area contributed by atoms with Crippen molar-refractivity contribution in [2.45, 2.75) is 19.4 Å². The number of amides is 1. The van der Waals surface area contributed by atoms with E-state index in [4.69, 9.17) is 8.83 Å². The number of halogens is 1. The lowest BCUT2D eigenvalue weighted by Crippen LogP contribution is -2.42. The highest BCUT2D eigenvalue weighted by Gasteiger charge is 2.31. The SMILES string of the molecule is O=C(C1CCN(c2nc3ccccc3o2)CC1)N(Cc1ccco1)c1cccc(F)c1. The fourth-order valence-electron chi connectivity index (χ4n) is 4.03. The number of hydrogen-bond acceptors (Lipinski definition) is 5. The smallest absolute Gasteiger partial charge is 0.298 e. The third-order valence-electron chi connectivity index (χ3n) is 5.68. The topological polar surface area (TPSA) is 62.7 Å². The van der Waals surface area contributed by atoms with Crippen LogP contribution in [0.3, 0.4) is 0 Å². The van der Waals surface area contributed by atoms with Gasteiger partial charge in [0.25, 0.3) is 6.01 Å². The molecule has 0 bridgehead atoms. The number of aromatic nitrogens is 1. The maximum Gasteiger partial charge on any atom is 0.298 e. The lowest BCUT2D eigenvalue weighted by molar-refractivity contribution is -0.123. The van der Waals surface area contributed by atoms with Crippen LogP contribution in [-0.2, 0) is 11.3 Å². The molecule has 1 amide bonds. The van der Waals surface area contributed by atoms with Gasteiger partial charge in [0.05, 0.1) is 12.8 Å². The van der Waals surface area contributed by atoms with E-state index in [-0.39, 0.29) is 24.2 Å². The first-order chi connectivity index (χ1) is 15.2. The first-order valence-electron chi connectivity index (χ1n) is 10.4. The Morgan fingerprint density at radius 2 is 1.94 bits per heavy atom. The number of nitrogens with zero attached hydrogens (tertiary/aromatic N) is 3. The van der Waals surface area contributed by atoms with Crippen molar-refractivity contribution in [1.82, 2.24) is 4.98 Å². The van der Waals surface area contributed by atoms with E-state index in [2.05, 4.69) is 9.88 Å². The number of benzene rings is 2. The molecule has 0 radical (unpaired) electrons. The van der Waals surface area contributed by atoms with Crippen molar-refractivity contribution in [2.75, 3.05) is 22.9 Å². The van der Waals surface area contributed by atoms with Crippen LogP contribution in [0.15, 0.2) is 75.8 Å². The summed E-state index contributed by atoms with van der Waals surface area (Å²) in [6.07, 6.45) is 2.91. The van der Waals surface area contributed by atoms with E-state index < -0.39 is 0 Å². The van der Waals surface area contributed by atoms with Crippen molar-refractivity contribution in [2.24, 2.45) is 5.92 Å². The average Bonchev–Trinajstić information content (AvgIpc) is 3.47. The molecule has 1 aliphatic heterocycles. The van der Waals surface area contributed by atoms with Gasteiger partial charge in [-0.3, -0.25) is 4.79 Å². The van der Waals surface area contributed by atoms with Gasteiger partial charge < -0.3 is 18.6 Å². The van der Waals surface area contributed by atoms with Crippen LogP contribution in [0.4, 0.5) is 16.1 Å². The number of piperidine rings is 1. The van der Waals surface area contributed by atoms with E-state index in [0.717, 1.165) is 11.1 Å². The van der Waals surface area contributed by atoms with E-state index in [9.17, 15) is 9.18 Å². The molecule has 5 rings (SSSR count). The number of furan rings is 1. The second kappa shape index (κ2) is 8.26. The quantitative estimate of drug-likeness (QED) is 0.455. The van der Waals surface area contributed by atoms with Crippen LogP contribution in [0.25, 0.3) is 11.1 Å². The molecule has 0 spiro atoms. The fraction of sp³-hybridized carbons (Fsp3) is 0.250. The summed E-state index contributed by atoms with van der Waals surface area (Å²) in [5.41, 5.74) is 2.11. The van der Waals surface area contributed by atoms with Crippen LogP contribution >= 0.6 is 0 Å². The molecule has 0 unspecified atom stereocenters. The highest BCUT2D eigenvalue weighted by atomic mass is 19.1. The van der Waals surface area contributed by atoms with Crippen molar-refractivity contribution in [1.29, 1.82) is 0 Å². The van der Waals surface area contributed by atoms with Gasteiger partial charge >= 0.3 is 0 Å². The van der Waals surface area contributed by atoms with E-state index in [0.29, 0.717) is 43.4 Å². The van der Waals surface area contributed by atoms with Crippen LogP contribution in [0.2, 0.25) is 0 Å². The molecule has 4 aromatic rings. The molecule has 7 heteroatoms. The Morgan fingerprint density at radius 3 is 2.68 bits per heavy atom. The van der Waals surface area contributed by atoms with Gasteiger partial charge in [0, 0.05) is 24.7 Å². The maximum atomic E-state index is 13.9. The Balaban J connectivity index is 1.32. The van der Waals surface area contributed by atoms with Crippen molar-refractivity contribution >= 4 is 28.7 Å². The minimum absolute atomic E-state index is 0.0285. The molecule has 0 aliphatic carbocycles. The molecule has 2 aromatic heterocycles. The predicted molar refractivity (Wildman–Crippen MR) is 115 cm³/mol. The Labute approximate surface area is 178 Å².